The summed E-state index contributed by atoms with van der Waals surface area (Å²) in [6, 6.07) is 7.62. The van der Waals surface area contributed by atoms with Crippen molar-refractivity contribution in [2.45, 2.75) is 5.92 Å². The van der Waals surface area contributed by atoms with Gasteiger partial charge in [0, 0.05) is 18.7 Å². The third-order valence-electron chi connectivity index (χ3n) is 2.92. The summed E-state index contributed by atoms with van der Waals surface area (Å²) < 4.78 is 10.3. The van der Waals surface area contributed by atoms with Crippen molar-refractivity contribution in [2.24, 2.45) is 0 Å². The Morgan fingerprint density at radius 1 is 1.29 bits per heavy atom. The second-order valence-electron chi connectivity index (χ2n) is 4.04. The van der Waals surface area contributed by atoms with Crippen molar-refractivity contribution in [1.29, 1.82) is 0 Å². The van der Waals surface area contributed by atoms with Crippen LogP contribution in [-0.4, -0.2) is 30.3 Å². The molecule has 0 saturated carbocycles. The van der Waals surface area contributed by atoms with Crippen molar-refractivity contribution in [1.82, 2.24) is 15.5 Å². The van der Waals surface area contributed by atoms with Gasteiger partial charge in [-0.2, -0.15) is 4.98 Å². The number of benzene rings is 1. The molecule has 3 rings (SSSR count). The number of nitrogens with zero attached hydrogens (tertiary/aromatic N) is 2. The second-order valence-corrected chi connectivity index (χ2v) is 4.04. The summed E-state index contributed by atoms with van der Waals surface area (Å²) in [6.07, 6.45) is 0. The van der Waals surface area contributed by atoms with Crippen molar-refractivity contribution in [3.8, 4) is 17.1 Å². The van der Waals surface area contributed by atoms with E-state index < -0.39 is 0 Å². The Morgan fingerprint density at radius 3 is 2.65 bits per heavy atom. The van der Waals surface area contributed by atoms with E-state index in [9.17, 15) is 0 Å². The Hall–Kier alpha value is -1.88. The number of ether oxygens (including phenoxy) is 1. The van der Waals surface area contributed by atoms with Crippen LogP contribution in [0.5, 0.6) is 5.75 Å². The number of hydrogen-bond acceptors (Lipinski definition) is 5. The van der Waals surface area contributed by atoms with Crippen molar-refractivity contribution >= 4 is 0 Å². The number of rotatable bonds is 3. The maximum absolute atomic E-state index is 5.25. The summed E-state index contributed by atoms with van der Waals surface area (Å²) in [7, 11) is 1.64. The summed E-state index contributed by atoms with van der Waals surface area (Å²) >= 11 is 0. The van der Waals surface area contributed by atoms with E-state index in [0.29, 0.717) is 11.7 Å². The summed E-state index contributed by atoms with van der Waals surface area (Å²) in [4.78, 5) is 4.40. The molecule has 1 fully saturated rings. The Labute approximate surface area is 98.8 Å². The van der Waals surface area contributed by atoms with E-state index >= 15 is 0 Å². The van der Waals surface area contributed by atoms with Gasteiger partial charge in [0.05, 0.1) is 13.0 Å². The van der Waals surface area contributed by atoms with Crippen LogP contribution in [0.1, 0.15) is 11.8 Å². The topological polar surface area (TPSA) is 60.2 Å². The summed E-state index contributed by atoms with van der Waals surface area (Å²) in [6.45, 7) is 1.84. The number of aromatic nitrogens is 2. The van der Waals surface area contributed by atoms with Gasteiger partial charge < -0.3 is 14.6 Å². The number of nitrogens with one attached hydrogen (secondary N) is 1. The van der Waals surface area contributed by atoms with Gasteiger partial charge in [-0.25, -0.2) is 0 Å². The zero-order valence-electron chi connectivity index (χ0n) is 9.51. The first kappa shape index (κ1) is 10.3. The quantitative estimate of drug-likeness (QED) is 0.866. The van der Waals surface area contributed by atoms with Crippen molar-refractivity contribution in [3.63, 3.8) is 0 Å². The first-order valence-corrected chi connectivity index (χ1v) is 5.55. The summed E-state index contributed by atoms with van der Waals surface area (Å²) in [5.41, 5.74) is 0.938. The van der Waals surface area contributed by atoms with E-state index in [1.165, 1.54) is 0 Å². The summed E-state index contributed by atoms with van der Waals surface area (Å²) in [5.74, 6) is 2.54. The van der Waals surface area contributed by atoms with E-state index in [-0.39, 0.29) is 0 Å². The normalized spacial score (nSPS) is 15.6. The smallest absolute Gasteiger partial charge is 0.232 e. The minimum Gasteiger partial charge on any atom is -0.497 e. The van der Waals surface area contributed by atoms with Crippen LogP contribution < -0.4 is 10.1 Å². The lowest BCUT2D eigenvalue weighted by molar-refractivity contribution is 0.308. The SMILES string of the molecule is COc1ccc(-c2noc(C3CNC3)n2)cc1. The fourth-order valence-corrected chi connectivity index (χ4v) is 1.72. The molecule has 1 aliphatic heterocycles. The molecule has 0 atom stereocenters. The predicted octanol–water partition coefficient (Wildman–Crippen LogP) is 1.43. The molecular weight excluding hydrogens is 218 g/mol. The van der Waals surface area contributed by atoms with Crippen LogP contribution >= 0.6 is 0 Å². The molecule has 1 N–H and O–H groups in total. The fourth-order valence-electron chi connectivity index (χ4n) is 1.72. The van der Waals surface area contributed by atoms with Gasteiger partial charge >= 0.3 is 0 Å². The second kappa shape index (κ2) is 4.18. The largest absolute Gasteiger partial charge is 0.497 e. The minimum absolute atomic E-state index is 0.370. The van der Waals surface area contributed by atoms with Gasteiger partial charge in [0.1, 0.15) is 5.75 Å². The van der Waals surface area contributed by atoms with E-state index in [1.807, 2.05) is 24.3 Å². The van der Waals surface area contributed by atoms with Crippen LogP contribution in [0.4, 0.5) is 0 Å². The van der Waals surface area contributed by atoms with Crippen LogP contribution in [0, 0.1) is 0 Å². The molecule has 1 aliphatic rings. The van der Waals surface area contributed by atoms with E-state index in [4.69, 9.17) is 9.26 Å². The first-order chi connectivity index (χ1) is 8.36. The number of hydrogen-bond donors (Lipinski definition) is 1. The molecule has 1 aromatic carbocycles. The van der Waals surface area contributed by atoms with Gasteiger partial charge in [-0.15, -0.1) is 0 Å². The van der Waals surface area contributed by atoms with E-state index in [2.05, 4.69) is 15.5 Å². The van der Waals surface area contributed by atoms with Crippen molar-refractivity contribution in [2.75, 3.05) is 20.2 Å². The zero-order chi connectivity index (χ0) is 11.7. The Morgan fingerprint density at radius 2 is 2.06 bits per heavy atom. The predicted molar refractivity (Wildman–Crippen MR) is 61.9 cm³/mol. The van der Waals surface area contributed by atoms with Crippen molar-refractivity contribution < 1.29 is 9.26 Å². The van der Waals surface area contributed by atoms with Crippen LogP contribution in [0.25, 0.3) is 11.4 Å². The number of methoxy groups -OCH3 is 1. The lowest BCUT2D eigenvalue weighted by atomic mass is 10.0. The molecule has 88 valence electrons. The third kappa shape index (κ3) is 1.89. The molecule has 1 saturated heterocycles. The maximum Gasteiger partial charge on any atom is 0.232 e. The highest BCUT2D eigenvalue weighted by Crippen LogP contribution is 2.23. The first-order valence-electron chi connectivity index (χ1n) is 5.55. The van der Waals surface area contributed by atoms with Crippen LogP contribution in [-0.2, 0) is 0 Å². The van der Waals surface area contributed by atoms with Crippen LogP contribution in [0.15, 0.2) is 28.8 Å². The average molecular weight is 231 g/mol. The lowest BCUT2D eigenvalue weighted by Crippen LogP contribution is -2.40. The molecule has 5 nitrogen and oxygen atoms in total. The Balaban J connectivity index is 1.84. The molecule has 0 radical (unpaired) electrons. The van der Waals surface area contributed by atoms with Gasteiger partial charge in [0.2, 0.25) is 11.7 Å². The third-order valence-corrected chi connectivity index (χ3v) is 2.92. The molecule has 2 aromatic rings. The molecule has 0 bridgehead atoms. The van der Waals surface area contributed by atoms with E-state index in [0.717, 1.165) is 30.3 Å². The molecule has 17 heavy (non-hydrogen) atoms. The standard InChI is InChI=1S/C12H13N3O2/c1-16-10-4-2-8(3-5-10)11-14-12(17-15-11)9-6-13-7-9/h2-5,9,13H,6-7H2,1H3. The average Bonchev–Trinajstić information content (AvgIpc) is 2.76. The molecule has 2 heterocycles. The lowest BCUT2D eigenvalue weighted by Gasteiger charge is -2.22. The highest BCUT2D eigenvalue weighted by molar-refractivity contribution is 5.55. The highest BCUT2D eigenvalue weighted by atomic mass is 16.5. The Bertz CT molecular complexity index is 503. The van der Waals surface area contributed by atoms with Gasteiger partial charge in [0.25, 0.3) is 0 Å². The molecular formula is C12H13N3O2. The Kier molecular flexibility index (Phi) is 2.53. The highest BCUT2D eigenvalue weighted by Gasteiger charge is 2.25. The molecule has 0 unspecified atom stereocenters. The van der Waals surface area contributed by atoms with Crippen LogP contribution in [0.2, 0.25) is 0 Å². The molecule has 0 spiro atoms. The monoisotopic (exact) mass is 231 g/mol. The fraction of sp³-hybridized carbons (Fsp3) is 0.333. The molecule has 1 aromatic heterocycles. The van der Waals surface area contributed by atoms with Gasteiger partial charge in [-0.3, -0.25) is 0 Å². The van der Waals surface area contributed by atoms with Gasteiger partial charge in [-0.05, 0) is 24.3 Å². The minimum atomic E-state index is 0.370. The maximum atomic E-state index is 5.25. The van der Waals surface area contributed by atoms with Gasteiger partial charge in [0.15, 0.2) is 0 Å². The molecule has 0 amide bonds. The molecule has 5 heteroatoms. The van der Waals surface area contributed by atoms with Crippen molar-refractivity contribution in [3.05, 3.63) is 30.2 Å². The zero-order valence-corrected chi connectivity index (χ0v) is 9.51. The van der Waals surface area contributed by atoms with Crippen LogP contribution in [0.3, 0.4) is 0 Å². The van der Waals surface area contributed by atoms with Gasteiger partial charge in [-0.1, -0.05) is 5.16 Å². The molecule has 0 aliphatic carbocycles. The van der Waals surface area contributed by atoms with E-state index in [1.54, 1.807) is 7.11 Å². The summed E-state index contributed by atoms with van der Waals surface area (Å²) in [5, 5.41) is 7.17.